The second-order valence-electron chi connectivity index (χ2n) is 6.10. The lowest BCUT2D eigenvalue weighted by molar-refractivity contribution is -0.384. The Morgan fingerprint density at radius 3 is 2.52 bits per heavy atom. The molecular formula is C19H17N3O6S. The van der Waals surface area contributed by atoms with Crippen LogP contribution in [0.4, 0.5) is 5.69 Å². The number of nitrogens with zero attached hydrogens (tertiary/aromatic N) is 1. The van der Waals surface area contributed by atoms with Crippen molar-refractivity contribution in [3.63, 3.8) is 0 Å². The molecule has 1 aromatic heterocycles. The Labute approximate surface area is 168 Å². The van der Waals surface area contributed by atoms with E-state index in [-0.39, 0.29) is 35.3 Å². The van der Waals surface area contributed by atoms with Crippen molar-refractivity contribution in [2.75, 3.05) is 7.11 Å². The number of H-pyrrole nitrogens is 1. The summed E-state index contributed by atoms with van der Waals surface area (Å²) in [4.78, 5) is 36.6. The Morgan fingerprint density at radius 1 is 1.24 bits per heavy atom. The van der Waals surface area contributed by atoms with Crippen molar-refractivity contribution in [2.24, 2.45) is 0 Å². The largest absolute Gasteiger partial charge is 0.496 e. The van der Waals surface area contributed by atoms with E-state index in [2.05, 4.69) is 10.3 Å². The third kappa shape index (κ3) is 4.79. The zero-order chi connectivity index (χ0) is 21.0. The summed E-state index contributed by atoms with van der Waals surface area (Å²) in [5.41, 5.74) is 1.71. The highest BCUT2D eigenvalue weighted by Gasteiger charge is 2.15. The van der Waals surface area contributed by atoms with Gasteiger partial charge in [-0.2, -0.15) is 0 Å². The summed E-state index contributed by atoms with van der Waals surface area (Å²) in [6.07, 6.45) is 0.280. The molecule has 10 heteroatoms. The summed E-state index contributed by atoms with van der Waals surface area (Å²) in [6, 6.07) is 10.9. The number of aromatic amines is 1. The van der Waals surface area contributed by atoms with Gasteiger partial charge in [0.2, 0.25) is 5.88 Å². The lowest BCUT2D eigenvalue weighted by Gasteiger charge is -2.11. The van der Waals surface area contributed by atoms with E-state index >= 15 is 0 Å². The Balaban J connectivity index is 1.75. The number of nitrogens with one attached hydrogen (secondary N) is 2. The lowest BCUT2D eigenvalue weighted by atomic mass is 10.1. The number of nitro groups is 1. The first-order chi connectivity index (χ1) is 13.9. The first-order valence-electron chi connectivity index (χ1n) is 8.46. The fourth-order valence-electron chi connectivity index (χ4n) is 2.71. The minimum atomic E-state index is -0.488. The molecule has 1 heterocycles. The van der Waals surface area contributed by atoms with E-state index in [9.17, 15) is 24.8 Å². The van der Waals surface area contributed by atoms with E-state index in [0.29, 0.717) is 21.8 Å². The predicted molar refractivity (Wildman–Crippen MR) is 107 cm³/mol. The third-order valence-corrected chi connectivity index (χ3v) is 5.05. The summed E-state index contributed by atoms with van der Waals surface area (Å²) < 4.78 is 5.25. The van der Waals surface area contributed by atoms with E-state index in [4.69, 9.17) is 4.74 Å². The molecule has 29 heavy (non-hydrogen) atoms. The average Bonchev–Trinajstić information content (AvgIpc) is 3.03. The highest BCUT2D eigenvalue weighted by atomic mass is 32.1. The van der Waals surface area contributed by atoms with Crippen molar-refractivity contribution >= 4 is 22.9 Å². The second kappa shape index (κ2) is 8.57. The molecule has 0 atom stereocenters. The van der Waals surface area contributed by atoms with Crippen LogP contribution < -0.4 is 14.9 Å². The van der Waals surface area contributed by atoms with Gasteiger partial charge in [0.15, 0.2) is 0 Å². The van der Waals surface area contributed by atoms with Crippen molar-refractivity contribution in [3.05, 3.63) is 83.8 Å². The van der Waals surface area contributed by atoms with E-state index in [0.717, 1.165) is 16.9 Å². The predicted octanol–water partition coefficient (Wildman–Crippen LogP) is 2.58. The smallest absolute Gasteiger partial charge is 0.307 e. The van der Waals surface area contributed by atoms with E-state index in [1.54, 1.807) is 30.3 Å². The van der Waals surface area contributed by atoms with Crippen LogP contribution in [0, 0.1) is 10.1 Å². The zero-order valence-corrected chi connectivity index (χ0v) is 16.1. The fourth-order valence-corrected chi connectivity index (χ4v) is 3.47. The van der Waals surface area contributed by atoms with Crippen molar-refractivity contribution in [1.82, 2.24) is 10.3 Å². The van der Waals surface area contributed by atoms with E-state index < -0.39 is 4.92 Å². The summed E-state index contributed by atoms with van der Waals surface area (Å²) in [5, 5.41) is 23.2. The molecule has 0 aliphatic heterocycles. The summed E-state index contributed by atoms with van der Waals surface area (Å²) in [5.74, 6) is -0.185. The molecule has 2 aromatic carbocycles. The Morgan fingerprint density at radius 2 is 1.93 bits per heavy atom. The molecule has 150 valence electrons. The minimum absolute atomic E-state index is 0.0234. The van der Waals surface area contributed by atoms with Gasteiger partial charge >= 0.3 is 4.87 Å². The summed E-state index contributed by atoms with van der Waals surface area (Å²) >= 11 is 0.903. The quantitative estimate of drug-likeness (QED) is 0.401. The van der Waals surface area contributed by atoms with Gasteiger partial charge in [-0.1, -0.05) is 29.5 Å². The lowest BCUT2D eigenvalue weighted by Crippen LogP contribution is -2.23. The number of aromatic nitrogens is 1. The molecule has 0 saturated heterocycles. The molecule has 3 N–H and O–H groups in total. The number of ether oxygens (including phenoxy) is 1. The van der Waals surface area contributed by atoms with Gasteiger partial charge in [0.25, 0.3) is 11.6 Å². The number of benzene rings is 2. The topological polar surface area (TPSA) is 135 Å². The number of non-ortho nitro benzene ring substituents is 1. The molecule has 9 nitrogen and oxygen atoms in total. The summed E-state index contributed by atoms with van der Waals surface area (Å²) in [7, 11) is 1.45. The molecule has 3 rings (SSSR count). The molecular weight excluding hydrogens is 398 g/mol. The molecule has 0 fully saturated rings. The molecule has 0 bridgehead atoms. The zero-order valence-electron chi connectivity index (χ0n) is 15.3. The van der Waals surface area contributed by atoms with Crippen LogP contribution in [0.3, 0.4) is 0 Å². The third-order valence-electron chi connectivity index (χ3n) is 4.17. The minimum Gasteiger partial charge on any atom is -0.496 e. The molecule has 0 spiro atoms. The fraction of sp³-hybridized carbons (Fsp3) is 0.158. The number of aromatic hydroxyl groups is 1. The van der Waals surface area contributed by atoms with E-state index in [1.807, 2.05) is 0 Å². The van der Waals surface area contributed by atoms with Crippen molar-refractivity contribution in [2.45, 2.75) is 13.0 Å². The standard InChI is InChI=1S/C19H17N3O6S/c1-28-15-7-4-12(9-16-18(24)21-19(25)29-16)8-14(15)17(23)20-10-11-2-5-13(6-3-11)22(26)27/h2-8,24H,9-10H2,1H3,(H,20,23)(H,21,25). The maximum Gasteiger partial charge on any atom is 0.307 e. The van der Waals surface area contributed by atoms with Crippen LogP contribution in [-0.4, -0.2) is 28.0 Å². The SMILES string of the molecule is COc1ccc(Cc2sc(=O)[nH]c2O)cc1C(=O)NCc1ccc([N+](=O)[O-])cc1. The summed E-state index contributed by atoms with van der Waals surface area (Å²) in [6.45, 7) is 0.185. The molecule has 1 amide bonds. The molecule has 3 aromatic rings. The van der Waals surface area contributed by atoms with Gasteiger partial charge in [-0.3, -0.25) is 24.7 Å². The van der Waals surface area contributed by atoms with Crippen molar-refractivity contribution in [1.29, 1.82) is 0 Å². The number of carbonyl (C=O) groups is 1. The molecule has 0 saturated carbocycles. The highest BCUT2D eigenvalue weighted by molar-refractivity contribution is 7.09. The normalized spacial score (nSPS) is 10.5. The van der Waals surface area contributed by atoms with Crippen LogP contribution in [0.1, 0.15) is 26.4 Å². The number of amides is 1. The van der Waals surface area contributed by atoms with Gasteiger partial charge in [-0.15, -0.1) is 0 Å². The van der Waals surface area contributed by atoms with Crippen molar-refractivity contribution < 1.29 is 19.6 Å². The monoisotopic (exact) mass is 415 g/mol. The van der Waals surface area contributed by atoms with Crippen LogP contribution >= 0.6 is 11.3 Å². The van der Waals surface area contributed by atoms with E-state index in [1.165, 1.54) is 19.2 Å². The molecule has 0 aliphatic rings. The molecule has 0 unspecified atom stereocenters. The van der Waals surface area contributed by atoms with Gasteiger partial charge in [0.05, 0.1) is 22.5 Å². The molecule has 0 radical (unpaired) electrons. The number of rotatable bonds is 7. The van der Waals surface area contributed by atoms with Crippen LogP contribution in [0.25, 0.3) is 0 Å². The second-order valence-corrected chi connectivity index (χ2v) is 7.17. The van der Waals surface area contributed by atoms with Gasteiger partial charge in [0.1, 0.15) is 5.75 Å². The molecule has 0 aliphatic carbocycles. The van der Waals surface area contributed by atoms with Gasteiger partial charge in [-0.05, 0) is 23.3 Å². The van der Waals surface area contributed by atoms with Gasteiger partial charge < -0.3 is 15.2 Å². The van der Waals surface area contributed by atoms with Crippen LogP contribution in [-0.2, 0) is 13.0 Å². The number of methoxy groups -OCH3 is 1. The number of thiazole rings is 1. The van der Waals surface area contributed by atoms with Gasteiger partial charge in [0, 0.05) is 25.1 Å². The maximum absolute atomic E-state index is 12.6. The first-order valence-corrected chi connectivity index (χ1v) is 9.28. The number of hydrogen-bond donors (Lipinski definition) is 3. The van der Waals surface area contributed by atoms with Gasteiger partial charge in [-0.25, -0.2) is 0 Å². The van der Waals surface area contributed by atoms with Crippen LogP contribution in [0.2, 0.25) is 0 Å². The number of nitro benzene ring substituents is 1. The first kappa shape index (κ1) is 20.1. The number of hydrogen-bond acceptors (Lipinski definition) is 7. The Kier molecular flexibility index (Phi) is 5.93. The Bertz CT molecular complexity index is 1100. The van der Waals surface area contributed by atoms with Crippen LogP contribution in [0.15, 0.2) is 47.3 Å². The maximum atomic E-state index is 12.6. The van der Waals surface area contributed by atoms with Crippen LogP contribution in [0.5, 0.6) is 11.6 Å². The average molecular weight is 415 g/mol. The van der Waals surface area contributed by atoms with Crippen molar-refractivity contribution in [3.8, 4) is 11.6 Å². The highest BCUT2D eigenvalue weighted by Crippen LogP contribution is 2.25. The Hall–Kier alpha value is -3.66. The number of carbonyl (C=O) groups excluding carboxylic acids is 1.